The number of rotatable bonds is 3. The van der Waals surface area contributed by atoms with Crippen molar-refractivity contribution in [2.24, 2.45) is 0 Å². The third-order valence-corrected chi connectivity index (χ3v) is 4.20. The number of hydrogen-bond donors (Lipinski definition) is 1. The normalized spacial score (nSPS) is 16.1. The number of carbonyl (C=O) groups excluding carboxylic acids is 1. The van der Waals surface area contributed by atoms with Crippen LogP contribution >= 0.6 is 0 Å². The Kier molecular flexibility index (Phi) is 3.95. The predicted molar refractivity (Wildman–Crippen MR) is 81.1 cm³/mol. The molecule has 1 aromatic carbocycles. The van der Waals surface area contributed by atoms with Crippen LogP contribution in [0.1, 0.15) is 24.4 Å². The number of likely N-dealkylation sites (tertiary alicyclic amines) is 1. The molecule has 0 aliphatic carbocycles. The zero-order valence-electron chi connectivity index (χ0n) is 12.0. The minimum atomic E-state index is 0.0995. The van der Waals surface area contributed by atoms with Crippen molar-refractivity contribution in [1.82, 2.24) is 9.47 Å². The second-order valence-electron chi connectivity index (χ2n) is 5.55. The lowest BCUT2D eigenvalue weighted by Gasteiger charge is -2.33. The van der Waals surface area contributed by atoms with E-state index in [1.807, 2.05) is 23.1 Å². The van der Waals surface area contributed by atoms with Gasteiger partial charge in [-0.05, 0) is 31.0 Å². The third-order valence-electron chi connectivity index (χ3n) is 4.20. The molecule has 1 amide bonds. The molecule has 0 bridgehead atoms. The van der Waals surface area contributed by atoms with E-state index in [9.17, 15) is 9.90 Å². The Bertz CT molecular complexity index is 599. The molecular formula is C17H20N2O2. The monoisotopic (exact) mass is 284 g/mol. The predicted octanol–water partition coefficient (Wildman–Crippen LogP) is 2.60. The third kappa shape index (κ3) is 3.10. The molecule has 1 aromatic heterocycles. The highest BCUT2D eigenvalue weighted by molar-refractivity contribution is 5.79. The lowest BCUT2D eigenvalue weighted by atomic mass is 10.0. The number of hydrogen-bond acceptors (Lipinski definition) is 2. The van der Waals surface area contributed by atoms with Crippen molar-refractivity contribution in [2.45, 2.75) is 25.3 Å². The van der Waals surface area contributed by atoms with E-state index in [0.29, 0.717) is 11.6 Å². The number of amides is 1. The van der Waals surface area contributed by atoms with E-state index in [0.717, 1.165) is 25.9 Å². The molecule has 1 fully saturated rings. The van der Waals surface area contributed by atoms with Crippen molar-refractivity contribution in [3.05, 3.63) is 54.4 Å². The van der Waals surface area contributed by atoms with Gasteiger partial charge in [0.2, 0.25) is 5.91 Å². The van der Waals surface area contributed by atoms with E-state index in [1.165, 1.54) is 0 Å². The quantitative estimate of drug-likeness (QED) is 0.941. The lowest BCUT2D eigenvalue weighted by Crippen LogP contribution is -2.39. The molecule has 4 heteroatoms. The van der Waals surface area contributed by atoms with Gasteiger partial charge in [0.25, 0.3) is 0 Å². The number of benzene rings is 1. The van der Waals surface area contributed by atoms with Crippen LogP contribution in [0.15, 0.2) is 48.8 Å². The van der Waals surface area contributed by atoms with E-state index < -0.39 is 0 Å². The number of phenolic OH excluding ortho intramolecular Hbond substituents is 1. The maximum absolute atomic E-state index is 12.3. The minimum Gasteiger partial charge on any atom is -0.508 e. The minimum absolute atomic E-state index is 0.0995. The van der Waals surface area contributed by atoms with Crippen LogP contribution in [0.5, 0.6) is 5.75 Å². The fourth-order valence-electron chi connectivity index (χ4n) is 2.94. The van der Waals surface area contributed by atoms with Crippen molar-refractivity contribution in [3.8, 4) is 5.75 Å². The Hall–Kier alpha value is -2.23. The van der Waals surface area contributed by atoms with Crippen LogP contribution in [-0.2, 0) is 11.2 Å². The van der Waals surface area contributed by atoms with Crippen LogP contribution in [0.25, 0.3) is 0 Å². The van der Waals surface area contributed by atoms with Gasteiger partial charge in [-0.15, -0.1) is 0 Å². The van der Waals surface area contributed by atoms with Gasteiger partial charge in [-0.2, -0.15) is 0 Å². The molecule has 1 N–H and O–H groups in total. The Balaban J connectivity index is 1.57. The largest absolute Gasteiger partial charge is 0.508 e. The van der Waals surface area contributed by atoms with Gasteiger partial charge in [0.1, 0.15) is 5.75 Å². The maximum atomic E-state index is 12.3. The van der Waals surface area contributed by atoms with Crippen molar-refractivity contribution in [1.29, 1.82) is 0 Å². The molecule has 2 heterocycles. The molecule has 0 radical (unpaired) electrons. The summed E-state index contributed by atoms with van der Waals surface area (Å²) in [7, 11) is 0. The Morgan fingerprint density at radius 1 is 1.10 bits per heavy atom. The number of phenols is 1. The molecular weight excluding hydrogens is 264 g/mol. The van der Waals surface area contributed by atoms with Gasteiger partial charge in [0, 0.05) is 37.1 Å². The average molecular weight is 284 g/mol. The fourth-order valence-corrected chi connectivity index (χ4v) is 2.94. The zero-order valence-corrected chi connectivity index (χ0v) is 12.0. The van der Waals surface area contributed by atoms with Crippen molar-refractivity contribution < 1.29 is 9.90 Å². The summed E-state index contributed by atoms with van der Waals surface area (Å²) in [5.74, 6) is 0.301. The molecule has 0 saturated carbocycles. The summed E-state index contributed by atoms with van der Waals surface area (Å²) in [6, 6.07) is 11.6. The Morgan fingerprint density at radius 2 is 1.76 bits per heavy atom. The van der Waals surface area contributed by atoms with Gasteiger partial charge in [-0.1, -0.05) is 18.2 Å². The topological polar surface area (TPSA) is 45.5 Å². The number of para-hydroxylation sites is 1. The lowest BCUT2D eigenvalue weighted by molar-refractivity contribution is -0.131. The van der Waals surface area contributed by atoms with Crippen LogP contribution in [0.2, 0.25) is 0 Å². The van der Waals surface area contributed by atoms with Gasteiger partial charge in [-0.3, -0.25) is 4.79 Å². The number of aromatic hydroxyl groups is 1. The second-order valence-corrected chi connectivity index (χ2v) is 5.55. The maximum Gasteiger partial charge on any atom is 0.227 e. The zero-order chi connectivity index (χ0) is 14.7. The Morgan fingerprint density at radius 3 is 2.43 bits per heavy atom. The smallest absolute Gasteiger partial charge is 0.227 e. The molecule has 1 saturated heterocycles. The highest BCUT2D eigenvalue weighted by atomic mass is 16.3. The SMILES string of the molecule is O=C(Cc1ccccc1O)N1CCC(n2cccc2)CC1. The second kappa shape index (κ2) is 6.04. The first-order chi connectivity index (χ1) is 10.2. The van der Waals surface area contributed by atoms with Crippen LogP contribution < -0.4 is 0 Å². The molecule has 1 aliphatic heterocycles. The van der Waals surface area contributed by atoms with E-state index in [4.69, 9.17) is 0 Å². The van der Waals surface area contributed by atoms with E-state index in [1.54, 1.807) is 18.2 Å². The number of nitrogens with zero attached hydrogens (tertiary/aromatic N) is 2. The highest BCUT2D eigenvalue weighted by Gasteiger charge is 2.23. The van der Waals surface area contributed by atoms with Gasteiger partial charge in [0.05, 0.1) is 6.42 Å². The van der Waals surface area contributed by atoms with E-state index in [-0.39, 0.29) is 18.1 Å². The molecule has 110 valence electrons. The average Bonchev–Trinajstić information content (AvgIpc) is 3.04. The molecule has 4 nitrogen and oxygen atoms in total. The fraction of sp³-hybridized carbons (Fsp3) is 0.353. The molecule has 0 spiro atoms. The van der Waals surface area contributed by atoms with Crippen molar-refractivity contribution in [3.63, 3.8) is 0 Å². The molecule has 0 unspecified atom stereocenters. The van der Waals surface area contributed by atoms with Crippen molar-refractivity contribution in [2.75, 3.05) is 13.1 Å². The van der Waals surface area contributed by atoms with Crippen LogP contribution in [0, 0.1) is 0 Å². The van der Waals surface area contributed by atoms with Gasteiger partial charge >= 0.3 is 0 Å². The van der Waals surface area contributed by atoms with Gasteiger partial charge in [-0.25, -0.2) is 0 Å². The Labute approximate surface area is 124 Å². The summed E-state index contributed by atoms with van der Waals surface area (Å²) in [6.45, 7) is 1.57. The van der Waals surface area contributed by atoms with Crippen LogP contribution in [0.4, 0.5) is 0 Å². The first-order valence-corrected chi connectivity index (χ1v) is 7.41. The van der Waals surface area contributed by atoms with Gasteiger partial charge < -0.3 is 14.6 Å². The summed E-state index contributed by atoms with van der Waals surface area (Å²) < 4.78 is 2.23. The van der Waals surface area contributed by atoms with Gasteiger partial charge in [0.15, 0.2) is 0 Å². The number of piperidine rings is 1. The molecule has 1 aliphatic rings. The summed E-state index contributed by atoms with van der Waals surface area (Å²) in [6.07, 6.45) is 6.43. The van der Waals surface area contributed by atoms with Crippen LogP contribution in [-0.4, -0.2) is 33.6 Å². The molecule has 2 aromatic rings. The molecule has 3 rings (SSSR count). The van der Waals surface area contributed by atoms with Crippen LogP contribution in [0.3, 0.4) is 0 Å². The standard InChI is InChI=1S/C17H20N2O2/c20-16-6-2-1-5-14(16)13-17(21)19-11-7-15(8-12-19)18-9-3-4-10-18/h1-6,9-10,15,20H,7-8,11-13H2. The first kappa shape index (κ1) is 13.7. The number of aromatic nitrogens is 1. The summed E-state index contributed by atoms with van der Waals surface area (Å²) in [5, 5.41) is 9.75. The molecule has 0 atom stereocenters. The highest BCUT2D eigenvalue weighted by Crippen LogP contribution is 2.24. The van der Waals surface area contributed by atoms with Crippen molar-refractivity contribution >= 4 is 5.91 Å². The van der Waals surface area contributed by atoms with E-state index >= 15 is 0 Å². The van der Waals surface area contributed by atoms with E-state index in [2.05, 4.69) is 17.0 Å². The summed E-state index contributed by atoms with van der Waals surface area (Å²) >= 11 is 0. The molecule has 21 heavy (non-hydrogen) atoms. The summed E-state index contributed by atoms with van der Waals surface area (Å²) in [4.78, 5) is 14.2. The summed E-state index contributed by atoms with van der Waals surface area (Å²) in [5.41, 5.74) is 0.704. The number of carbonyl (C=O) groups is 1. The first-order valence-electron chi connectivity index (χ1n) is 7.41.